The van der Waals surface area contributed by atoms with E-state index in [2.05, 4.69) is 10.3 Å². The Bertz CT molecular complexity index is 409. The molecule has 1 heterocycles. The van der Waals surface area contributed by atoms with Crippen LogP contribution in [0.25, 0.3) is 0 Å². The van der Waals surface area contributed by atoms with Crippen molar-refractivity contribution in [2.75, 3.05) is 33.4 Å². The summed E-state index contributed by atoms with van der Waals surface area (Å²) in [5, 5.41) is 2.75. The molecule has 0 bridgehead atoms. The van der Waals surface area contributed by atoms with Gasteiger partial charge in [-0.15, -0.1) is 0 Å². The summed E-state index contributed by atoms with van der Waals surface area (Å²) in [6.45, 7) is 3.37. The first-order valence-corrected chi connectivity index (χ1v) is 6.08. The first-order chi connectivity index (χ1) is 9.15. The number of ether oxygens (including phenoxy) is 1. The molecule has 0 aliphatic heterocycles. The molecule has 1 rings (SSSR count). The molecule has 0 atom stereocenters. The van der Waals surface area contributed by atoms with Crippen LogP contribution in [0.2, 0.25) is 0 Å². The highest BCUT2D eigenvalue weighted by Gasteiger charge is 2.09. The summed E-state index contributed by atoms with van der Waals surface area (Å²) in [6, 6.07) is 3.39. The van der Waals surface area contributed by atoms with Crippen LogP contribution in [-0.4, -0.2) is 55.0 Å². The Morgan fingerprint density at radius 3 is 2.79 bits per heavy atom. The van der Waals surface area contributed by atoms with E-state index in [1.807, 2.05) is 0 Å². The van der Waals surface area contributed by atoms with Crippen molar-refractivity contribution in [3.63, 3.8) is 0 Å². The molecule has 1 aromatic heterocycles. The molecule has 0 saturated carbocycles. The van der Waals surface area contributed by atoms with Crippen molar-refractivity contribution in [1.82, 2.24) is 15.2 Å². The van der Waals surface area contributed by atoms with E-state index in [-0.39, 0.29) is 11.8 Å². The number of aromatic nitrogens is 1. The third-order valence-corrected chi connectivity index (χ3v) is 2.60. The largest absolute Gasteiger partial charge is 0.383 e. The molecule has 0 aliphatic rings. The van der Waals surface area contributed by atoms with E-state index < -0.39 is 0 Å². The second kappa shape index (κ2) is 8.20. The molecule has 0 unspecified atom stereocenters. The van der Waals surface area contributed by atoms with Gasteiger partial charge in [-0.1, -0.05) is 0 Å². The van der Waals surface area contributed by atoms with Crippen molar-refractivity contribution in [1.29, 1.82) is 0 Å². The van der Waals surface area contributed by atoms with Crippen LogP contribution < -0.4 is 5.32 Å². The lowest BCUT2D eigenvalue weighted by Gasteiger charge is -2.20. The van der Waals surface area contributed by atoms with Crippen molar-refractivity contribution in [2.24, 2.45) is 0 Å². The van der Waals surface area contributed by atoms with E-state index in [0.717, 1.165) is 0 Å². The van der Waals surface area contributed by atoms with Crippen LogP contribution in [-0.2, 0) is 9.53 Å². The molecule has 0 aromatic carbocycles. The monoisotopic (exact) mass is 265 g/mol. The quantitative estimate of drug-likeness (QED) is 0.770. The normalized spacial score (nSPS) is 10.0. The van der Waals surface area contributed by atoms with Crippen LogP contribution in [0.4, 0.5) is 0 Å². The molecule has 0 fully saturated rings. The molecule has 1 N–H and O–H groups in total. The van der Waals surface area contributed by atoms with E-state index in [9.17, 15) is 9.59 Å². The highest BCUT2D eigenvalue weighted by molar-refractivity contribution is 5.93. The maximum Gasteiger partial charge on any atom is 0.252 e. The van der Waals surface area contributed by atoms with Gasteiger partial charge in [0.2, 0.25) is 5.91 Å². The van der Waals surface area contributed by atoms with Crippen molar-refractivity contribution in [3.8, 4) is 0 Å². The predicted molar refractivity (Wildman–Crippen MR) is 70.7 cm³/mol. The van der Waals surface area contributed by atoms with Gasteiger partial charge in [0.25, 0.3) is 5.91 Å². The number of nitrogens with zero attached hydrogens (tertiary/aromatic N) is 2. The number of carbonyl (C=O) groups excluding carboxylic acids is 2. The Kier molecular flexibility index (Phi) is 6.52. The fourth-order valence-corrected chi connectivity index (χ4v) is 1.53. The molecule has 1 aromatic rings. The molecule has 0 spiro atoms. The summed E-state index contributed by atoms with van der Waals surface area (Å²) >= 11 is 0. The lowest BCUT2D eigenvalue weighted by atomic mass is 10.3. The molecule has 0 aliphatic carbocycles. The van der Waals surface area contributed by atoms with Crippen LogP contribution in [0, 0.1) is 0 Å². The van der Waals surface area contributed by atoms with Crippen molar-refractivity contribution >= 4 is 11.8 Å². The highest BCUT2D eigenvalue weighted by Crippen LogP contribution is 1.95. The maximum absolute atomic E-state index is 11.7. The fourth-order valence-electron chi connectivity index (χ4n) is 1.53. The topological polar surface area (TPSA) is 71.5 Å². The average Bonchev–Trinajstić information content (AvgIpc) is 2.43. The molecule has 0 saturated heterocycles. The predicted octanol–water partition coefficient (Wildman–Crippen LogP) is 0.306. The zero-order valence-corrected chi connectivity index (χ0v) is 11.3. The molecule has 104 valence electrons. The zero-order chi connectivity index (χ0) is 14.1. The molecule has 2 amide bonds. The van der Waals surface area contributed by atoms with E-state index in [0.29, 0.717) is 31.8 Å². The minimum Gasteiger partial charge on any atom is -0.383 e. The Morgan fingerprint density at radius 2 is 2.21 bits per heavy atom. The summed E-state index contributed by atoms with van der Waals surface area (Å²) in [5.41, 5.74) is 0.508. The summed E-state index contributed by atoms with van der Waals surface area (Å²) < 4.78 is 4.93. The number of hydrogen-bond donors (Lipinski definition) is 1. The number of nitrogens with one attached hydrogen (secondary N) is 1. The van der Waals surface area contributed by atoms with Gasteiger partial charge in [0.15, 0.2) is 0 Å². The summed E-state index contributed by atoms with van der Waals surface area (Å²) in [4.78, 5) is 28.6. The number of methoxy groups -OCH3 is 1. The lowest BCUT2D eigenvalue weighted by molar-refractivity contribution is -0.129. The third-order valence-electron chi connectivity index (χ3n) is 2.60. The van der Waals surface area contributed by atoms with E-state index in [1.165, 1.54) is 13.1 Å². The van der Waals surface area contributed by atoms with Crippen LogP contribution in [0.5, 0.6) is 0 Å². The Hall–Kier alpha value is -1.95. The van der Waals surface area contributed by atoms with E-state index in [4.69, 9.17) is 4.74 Å². The van der Waals surface area contributed by atoms with Gasteiger partial charge in [-0.25, -0.2) is 0 Å². The summed E-state index contributed by atoms with van der Waals surface area (Å²) in [7, 11) is 1.59. The first-order valence-electron chi connectivity index (χ1n) is 6.08. The Morgan fingerprint density at radius 1 is 1.42 bits per heavy atom. The van der Waals surface area contributed by atoms with Crippen LogP contribution in [0.1, 0.15) is 17.3 Å². The van der Waals surface area contributed by atoms with Crippen molar-refractivity contribution in [3.05, 3.63) is 30.1 Å². The highest BCUT2D eigenvalue weighted by atomic mass is 16.5. The lowest BCUT2D eigenvalue weighted by Crippen LogP contribution is -2.39. The van der Waals surface area contributed by atoms with Crippen LogP contribution in [0.15, 0.2) is 24.5 Å². The summed E-state index contributed by atoms with van der Waals surface area (Å²) in [6.07, 6.45) is 3.11. The summed E-state index contributed by atoms with van der Waals surface area (Å²) in [5.74, 6) is -0.226. The number of hydrogen-bond acceptors (Lipinski definition) is 4. The molecule has 6 nitrogen and oxygen atoms in total. The Balaban J connectivity index is 2.35. The zero-order valence-electron chi connectivity index (χ0n) is 11.3. The molecular weight excluding hydrogens is 246 g/mol. The van der Waals surface area contributed by atoms with E-state index in [1.54, 1.807) is 30.3 Å². The van der Waals surface area contributed by atoms with Gasteiger partial charge in [0, 0.05) is 46.1 Å². The van der Waals surface area contributed by atoms with Gasteiger partial charge >= 0.3 is 0 Å². The van der Waals surface area contributed by atoms with Crippen molar-refractivity contribution in [2.45, 2.75) is 6.92 Å². The number of amides is 2. The number of carbonyl (C=O) groups is 2. The van der Waals surface area contributed by atoms with Gasteiger partial charge < -0.3 is 15.0 Å². The maximum atomic E-state index is 11.7. The van der Waals surface area contributed by atoms with Crippen molar-refractivity contribution < 1.29 is 14.3 Å². The second-order valence-electron chi connectivity index (χ2n) is 4.00. The smallest absolute Gasteiger partial charge is 0.252 e. The standard InChI is InChI=1S/C13H19N3O3/c1-11(17)16(8-9-19-2)7-6-15-13(18)12-4-3-5-14-10-12/h3-5,10H,6-9H2,1-2H3,(H,15,18). The van der Waals surface area contributed by atoms with Gasteiger partial charge in [0.05, 0.1) is 12.2 Å². The van der Waals surface area contributed by atoms with Gasteiger partial charge in [-0.2, -0.15) is 0 Å². The second-order valence-corrected chi connectivity index (χ2v) is 4.00. The first kappa shape index (κ1) is 15.1. The molecule has 0 radical (unpaired) electrons. The fraction of sp³-hybridized carbons (Fsp3) is 0.462. The molecule has 19 heavy (non-hydrogen) atoms. The Labute approximate surface area is 112 Å². The minimum absolute atomic E-state index is 0.0346. The third kappa shape index (κ3) is 5.48. The minimum atomic E-state index is -0.191. The van der Waals surface area contributed by atoms with Gasteiger partial charge in [-0.3, -0.25) is 14.6 Å². The van der Waals surface area contributed by atoms with Gasteiger partial charge in [0.1, 0.15) is 0 Å². The van der Waals surface area contributed by atoms with E-state index >= 15 is 0 Å². The number of pyridine rings is 1. The van der Waals surface area contributed by atoms with Gasteiger partial charge in [-0.05, 0) is 12.1 Å². The van der Waals surface area contributed by atoms with Crippen LogP contribution in [0.3, 0.4) is 0 Å². The van der Waals surface area contributed by atoms with Crippen LogP contribution >= 0.6 is 0 Å². The number of rotatable bonds is 7. The average molecular weight is 265 g/mol. The molecular formula is C13H19N3O3. The molecule has 6 heteroatoms. The SMILES string of the molecule is COCCN(CCNC(=O)c1cccnc1)C(C)=O.